The second-order valence-electron chi connectivity index (χ2n) is 4.79. The minimum Gasteiger partial charge on any atom is -0.313 e. The van der Waals surface area contributed by atoms with Crippen molar-refractivity contribution in [3.05, 3.63) is 52.4 Å². The Balaban J connectivity index is 0.00000176. The lowest BCUT2D eigenvalue weighted by Crippen LogP contribution is -2.48. The van der Waals surface area contributed by atoms with E-state index in [1.165, 1.54) is 11.3 Å². The zero-order valence-electron chi connectivity index (χ0n) is 11.6. The Morgan fingerprint density at radius 3 is 2.68 bits per heavy atom. The number of hydrogen-bond donors (Lipinski definition) is 1. The first-order chi connectivity index (χ1) is 10.1. The first kappa shape index (κ1) is 17.7. The Kier molecular flexibility index (Phi) is 5.87. The summed E-state index contributed by atoms with van der Waals surface area (Å²) in [7, 11) is -3.48. The van der Waals surface area contributed by atoms with Crippen molar-refractivity contribution >= 4 is 45.4 Å². The number of nitrogens with zero attached hydrogens (tertiary/aromatic N) is 1. The molecule has 2 heterocycles. The fourth-order valence-electron chi connectivity index (χ4n) is 2.51. The lowest BCUT2D eigenvalue weighted by atomic mass is 10.1. The van der Waals surface area contributed by atoms with Gasteiger partial charge in [-0.25, -0.2) is 8.42 Å². The quantitative estimate of drug-likeness (QED) is 0.891. The van der Waals surface area contributed by atoms with Gasteiger partial charge in [0, 0.05) is 24.7 Å². The summed E-state index contributed by atoms with van der Waals surface area (Å²) in [4.78, 5) is 0. The van der Waals surface area contributed by atoms with Crippen LogP contribution in [-0.2, 0) is 10.0 Å². The van der Waals surface area contributed by atoms with Crippen molar-refractivity contribution in [1.29, 1.82) is 0 Å². The summed E-state index contributed by atoms with van der Waals surface area (Å²) >= 11 is 7.49. The lowest BCUT2D eigenvalue weighted by Gasteiger charge is -2.35. The van der Waals surface area contributed by atoms with E-state index in [4.69, 9.17) is 11.6 Å². The van der Waals surface area contributed by atoms with E-state index < -0.39 is 10.0 Å². The minimum absolute atomic E-state index is 0. The summed E-state index contributed by atoms with van der Waals surface area (Å²) in [6.45, 7) is 1.65. The van der Waals surface area contributed by atoms with Crippen LogP contribution in [0.1, 0.15) is 11.6 Å². The van der Waals surface area contributed by atoms with Gasteiger partial charge < -0.3 is 5.32 Å². The lowest BCUT2D eigenvalue weighted by molar-refractivity contribution is 0.272. The Morgan fingerprint density at radius 2 is 2.00 bits per heavy atom. The molecule has 1 saturated heterocycles. The monoisotopic (exact) mass is 378 g/mol. The second kappa shape index (κ2) is 7.29. The van der Waals surface area contributed by atoms with Crippen LogP contribution in [0.25, 0.3) is 0 Å². The van der Waals surface area contributed by atoms with Crippen LogP contribution in [0.2, 0.25) is 5.02 Å². The predicted octanol–water partition coefficient (Wildman–Crippen LogP) is 3.16. The van der Waals surface area contributed by atoms with E-state index in [1.54, 1.807) is 27.9 Å². The molecule has 0 amide bonds. The van der Waals surface area contributed by atoms with Crippen molar-refractivity contribution in [1.82, 2.24) is 9.62 Å². The molecule has 1 N–H and O–H groups in total. The van der Waals surface area contributed by atoms with Gasteiger partial charge in [0.2, 0.25) is 0 Å². The summed E-state index contributed by atoms with van der Waals surface area (Å²) in [5, 5.41) is 5.62. The van der Waals surface area contributed by atoms with Gasteiger partial charge in [-0.2, -0.15) is 4.31 Å². The molecule has 0 saturated carbocycles. The Hall–Kier alpha value is -0.630. The molecule has 120 valence electrons. The van der Waals surface area contributed by atoms with Gasteiger partial charge in [-0.15, -0.1) is 23.7 Å². The molecule has 1 unspecified atom stereocenters. The van der Waals surface area contributed by atoms with Crippen LogP contribution in [-0.4, -0.2) is 32.4 Å². The van der Waals surface area contributed by atoms with Crippen molar-refractivity contribution in [2.45, 2.75) is 10.3 Å². The van der Waals surface area contributed by atoms with Crippen LogP contribution in [0.4, 0.5) is 0 Å². The minimum atomic E-state index is -3.48. The predicted molar refractivity (Wildman–Crippen MR) is 92.5 cm³/mol. The van der Waals surface area contributed by atoms with Gasteiger partial charge in [0.25, 0.3) is 10.0 Å². The maximum Gasteiger partial charge on any atom is 0.253 e. The van der Waals surface area contributed by atoms with E-state index in [1.807, 2.05) is 18.2 Å². The first-order valence-corrected chi connectivity index (χ1v) is 9.31. The molecule has 0 spiro atoms. The number of halogens is 2. The third kappa shape index (κ3) is 3.32. The molecule has 3 rings (SSSR count). The molecule has 4 nitrogen and oxygen atoms in total. The van der Waals surface area contributed by atoms with E-state index in [-0.39, 0.29) is 18.4 Å². The maximum absolute atomic E-state index is 12.8. The zero-order chi connectivity index (χ0) is 14.9. The van der Waals surface area contributed by atoms with Crippen LogP contribution >= 0.6 is 35.3 Å². The molecule has 0 aliphatic carbocycles. The summed E-state index contributed by atoms with van der Waals surface area (Å²) in [6.07, 6.45) is 0. The molecule has 0 radical (unpaired) electrons. The van der Waals surface area contributed by atoms with Crippen molar-refractivity contribution in [3.8, 4) is 0 Å². The third-order valence-corrected chi connectivity index (χ3v) is 7.14. The van der Waals surface area contributed by atoms with Gasteiger partial charge in [0.15, 0.2) is 0 Å². The highest BCUT2D eigenvalue weighted by Gasteiger charge is 2.35. The summed E-state index contributed by atoms with van der Waals surface area (Å²) < 4.78 is 27.5. The normalized spacial score (nSPS) is 19.6. The molecule has 0 bridgehead atoms. The highest BCUT2D eigenvalue weighted by Crippen LogP contribution is 2.33. The SMILES string of the molecule is Cl.O=S(=O)(c1cccs1)N1CCNCC1c1ccccc1Cl. The Labute approximate surface area is 145 Å². The van der Waals surface area contributed by atoms with E-state index in [2.05, 4.69) is 5.32 Å². The second-order valence-corrected chi connectivity index (χ2v) is 8.26. The molecular weight excluding hydrogens is 363 g/mol. The molecule has 8 heteroatoms. The van der Waals surface area contributed by atoms with Gasteiger partial charge in [-0.05, 0) is 23.1 Å². The van der Waals surface area contributed by atoms with Crippen molar-refractivity contribution in [2.24, 2.45) is 0 Å². The molecule has 1 aromatic heterocycles. The average molecular weight is 379 g/mol. The fraction of sp³-hybridized carbons (Fsp3) is 0.286. The standard InChI is InChI=1S/C14H15ClN2O2S2.ClH/c15-12-5-2-1-4-11(12)13-10-16-7-8-17(13)21(18,19)14-6-3-9-20-14;/h1-6,9,13,16H,7-8,10H2;1H. The van der Waals surface area contributed by atoms with Gasteiger partial charge in [-0.3, -0.25) is 0 Å². The van der Waals surface area contributed by atoms with E-state index in [0.29, 0.717) is 28.9 Å². The number of sulfonamides is 1. The zero-order valence-corrected chi connectivity index (χ0v) is 14.8. The maximum atomic E-state index is 12.8. The largest absolute Gasteiger partial charge is 0.313 e. The van der Waals surface area contributed by atoms with Gasteiger partial charge >= 0.3 is 0 Å². The molecule has 1 aliphatic heterocycles. The van der Waals surface area contributed by atoms with Crippen LogP contribution in [0.15, 0.2) is 46.0 Å². The number of hydrogen-bond acceptors (Lipinski definition) is 4. The Morgan fingerprint density at radius 1 is 1.23 bits per heavy atom. The van der Waals surface area contributed by atoms with Crippen LogP contribution in [0, 0.1) is 0 Å². The van der Waals surface area contributed by atoms with Gasteiger partial charge in [0.05, 0.1) is 6.04 Å². The van der Waals surface area contributed by atoms with Gasteiger partial charge in [-0.1, -0.05) is 35.9 Å². The number of nitrogens with one attached hydrogen (secondary N) is 1. The number of benzene rings is 1. The highest BCUT2D eigenvalue weighted by molar-refractivity contribution is 7.91. The number of piperazine rings is 1. The molecule has 1 atom stereocenters. The summed E-state index contributed by atoms with van der Waals surface area (Å²) in [5.41, 5.74) is 0.839. The van der Waals surface area contributed by atoms with E-state index >= 15 is 0 Å². The fourth-order valence-corrected chi connectivity index (χ4v) is 5.50. The van der Waals surface area contributed by atoms with Crippen molar-refractivity contribution < 1.29 is 8.42 Å². The number of thiophene rings is 1. The molecular formula is C14H16Cl2N2O2S2. The van der Waals surface area contributed by atoms with Crippen molar-refractivity contribution in [3.63, 3.8) is 0 Å². The first-order valence-electron chi connectivity index (χ1n) is 6.61. The average Bonchev–Trinajstić information content (AvgIpc) is 3.03. The summed E-state index contributed by atoms with van der Waals surface area (Å²) in [6, 6.07) is 10.5. The Bertz CT molecular complexity index is 720. The van der Waals surface area contributed by atoms with Crippen LogP contribution in [0.5, 0.6) is 0 Å². The molecule has 2 aromatic rings. The van der Waals surface area contributed by atoms with Crippen LogP contribution in [0.3, 0.4) is 0 Å². The smallest absolute Gasteiger partial charge is 0.253 e. The molecule has 1 aromatic carbocycles. The topological polar surface area (TPSA) is 49.4 Å². The third-order valence-electron chi connectivity index (χ3n) is 3.52. The molecule has 22 heavy (non-hydrogen) atoms. The highest BCUT2D eigenvalue weighted by atomic mass is 35.5. The van der Waals surface area contributed by atoms with Crippen molar-refractivity contribution in [2.75, 3.05) is 19.6 Å². The van der Waals surface area contributed by atoms with Gasteiger partial charge in [0.1, 0.15) is 4.21 Å². The van der Waals surface area contributed by atoms with E-state index in [9.17, 15) is 8.42 Å². The number of rotatable bonds is 3. The molecule has 1 aliphatic rings. The van der Waals surface area contributed by atoms with E-state index in [0.717, 1.165) is 5.56 Å². The summed E-state index contributed by atoms with van der Waals surface area (Å²) in [5.74, 6) is 0. The molecule has 1 fully saturated rings. The van der Waals surface area contributed by atoms with Crippen LogP contribution < -0.4 is 5.32 Å².